The van der Waals surface area contributed by atoms with E-state index in [2.05, 4.69) is 30.7 Å². The second kappa shape index (κ2) is 5.95. The van der Waals surface area contributed by atoms with Gasteiger partial charge in [-0.15, -0.1) is 10.2 Å². The number of anilines is 1. The molecule has 0 aliphatic heterocycles. The molecule has 4 rings (SSSR count). The van der Waals surface area contributed by atoms with Crippen LogP contribution in [-0.2, 0) is 6.54 Å². The molecule has 1 fully saturated rings. The van der Waals surface area contributed by atoms with Gasteiger partial charge in [-0.05, 0) is 37.1 Å². The Morgan fingerprint density at radius 2 is 1.88 bits per heavy atom. The molecule has 2 aromatic heterocycles. The van der Waals surface area contributed by atoms with E-state index in [1.54, 1.807) is 6.07 Å². The quantitative estimate of drug-likeness (QED) is 0.752. The molecular weight excluding hydrogens is 314 g/mol. The highest BCUT2D eigenvalue weighted by Crippen LogP contribution is 2.37. The predicted molar refractivity (Wildman–Crippen MR) is 83.1 cm³/mol. The van der Waals surface area contributed by atoms with Crippen LogP contribution in [0, 0.1) is 11.6 Å². The van der Waals surface area contributed by atoms with Gasteiger partial charge in [0.1, 0.15) is 23.3 Å². The van der Waals surface area contributed by atoms with Gasteiger partial charge in [0, 0.05) is 5.92 Å². The average Bonchev–Trinajstić information content (AvgIpc) is 3.33. The molecule has 0 atom stereocenters. The Bertz CT molecular complexity index is 837. The number of aromatic amines is 1. The molecule has 3 aromatic rings. The van der Waals surface area contributed by atoms with Gasteiger partial charge in [-0.3, -0.25) is 5.10 Å². The van der Waals surface area contributed by atoms with Crippen molar-refractivity contribution in [3.8, 4) is 11.3 Å². The lowest BCUT2D eigenvalue weighted by Gasteiger charge is -2.05. The van der Waals surface area contributed by atoms with Gasteiger partial charge in [0.05, 0.1) is 17.8 Å². The van der Waals surface area contributed by atoms with Gasteiger partial charge < -0.3 is 5.32 Å². The molecule has 2 N–H and O–H groups in total. The summed E-state index contributed by atoms with van der Waals surface area (Å²) in [5.41, 5.74) is -0.0345. The van der Waals surface area contributed by atoms with Crippen molar-refractivity contribution in [2.45, 2.75) is 25.3 Å². The highest BCUT2D eigenvalue weighted by Gasteiger charge is 2.27. The fourth-order valence-corrected chi connectivity index (χ4v) is 2.39. The zero-order valence-electron chi connectivity index (χ0n) is 12.6. The van der Waals surface area contributed by atoms with Crippen LogP contribution in [0.3, 0.4) is 0 Å². The SMILES string of the molecule is Fc1cccc(F)c1-c1ccc(NCc2nc(C3CC3)n[nH]2)nn1. The molecule has 0 spiro atoms. The van der Waals surface area contributed by atoms with Crippen LogP contribution < -0.4 is 5.32 Å². The number of aromatic nitrogens is 5. The number of hydrogen-bond acceptors (Lipinski definition) is 5. The normalized spacial score (nSPS) is 13.9. The molecule has 0 unspecified atom stereocenters. The molecule has 2 heterocycles. The lowest BCUT2D eigenvalue weighted by molar-refractivity contribution is 0.588. The number of halogens is 2. The first-order chi connectivity index (χ1) is 11.7. The summed E-state index contributed by atoms with van der Waals surface area (Å²) in [6, 6.07) is 6.82. The molecule has 8 heteroatoms. The standard InChI is InChI=1S/C16H14F2N6/c17-10-2-1-3-11(18)15(10)12-6-7-13(22-21-12)19-8-14-20-16(24-23-14)9-4-5-9/h1-3,6-7,9H,4-5,8H2,(H,19,22)(H,20,23,24). The highest BCUT2D eigenvalue weighted by molar-refractivity contribution is 5.61. The summed E-state index contributed by atoms with van der Waals surface area (Å²) >= 11 is 0. The third kappa shape index (κ3) is 2.94. The Balaban J connectivity index is 1.45. The maximum atomic E-state index is 13.7. The van der Waals surface area contributed by atoms with Gasteiger partial charge in [0.2, 0.25) is 0 Å². The van der Waals surface area contributed by atoms with Crippen LogP contribution in [0.25, 0.3) is 11.3 Å². The summed E-state index contributed by atoms with van der Waals surface area (Å²) in [5.74, 6) is 1.20. The van der Waals surface area contributed by atoms with Gasteiger partial charge >= 0.3 is 0 Å². The van der Waals surface area contributed by atoms with Crippen LogP contribution in [0.2, 0.25) is 0 Å². The fourth-order valence-electron chi connectivity index (χ4n) is 2.39. The summed E-state index contributed by atoms with van der Waals surface area (Å²) < 4.78 is 27.5. The van der Waals surface area contributed by atoms with Crippen molar-refractivity contribution in [3.63, 3.8) is 0 Å². The molecule has 1 aliphatic carbocycles. The van der Waals surface area contributed by atoms with E-state index < -0.39 is 11.6 Å². The average molecular weight is 328 g/mol. The van der Waals surface area contributed by atoms with Gasteiger partial charge in [0.15, 0.2) is 5.82 Å². The van der Waals surface area contributed by atoms with Crippen molar-refractivity contribution < 1.29 is 8.78 Å². The molecule has 0 amide bonds. The molecule has 0 radical (unpaired) electrons. The van der Waals surface area contributed by atoms with E-state index in [4.69, 9.17) is 0 Å². The molecule has 1 saturated carbocycles. The van der Waals surface area contributed by atoms with Crippen molar-refractivity contribution in [3.05, 3.63) is 53.6 Å². The van der Waals surface area contributed by atoms with Gasteiger partial charge in [0.25, 0.3) is 0 Å². The Morgan fingerprint density at radius 3 is 2.54 bits per heavy atom. The second-order valence-corrected chi connectivity index (χ2v) is 5.67. The maximum absolute atomic E-state index is 13.7. The first-order valence-corrected chi connectivity index (χ1v) is 7.64. The molecule has 1 aliphatic rings. The van der Waals surface area contributed by atoms with Crippen LogP contribution in [0.4, 0.5) is 14.6 Å². The number of nitrogens with zero attached hydrogens (tertiary/aromatic N) is 4. The zero-order chi connectivity index (χ0) is 16.5. The maximum Gasteiger partial charge on any atom is 0.153 e. The molecule has 122 valence electrons. The van der Waals surface area contributed by atoms with Gasteiger partial charge in [-0.1, -0.05) is 6.07 Å². The summed E-state index contributed by atoms with van der Waals surface area (Å²) in [5, 5.41) is 17.9. The van der Waals surface area contributed by atoms with Gasteiger partial charge in [-0.2, -0.15) is 5.10 Å². The Kier molecular flexibility index (Phi) is 3.64. The number of rotatable bonds is 5. The molecular formula is C16H14F2N6. The van der Waals surface area contributed by atoms with Crippen molar-refractivity contribution in [1.29, 1.82) is 0 Å². The van der Waals surface area contributed by atoms with E-state index in [-0.39, 0.29) is 11.3 Å². The highest BCUT2D eigenvalue weighted by atomic mass is 19.1. The van der Waals surface area contributed by atoms with E-state index in [0.717, 1.165) is 18.7 Å². The van der Waals surface area contributed by atoms with Crippen LogP contribution >= 0.6 is 0 Å². The first kappa shape index (κ1) is 14.7. The van der Waals surface area contributed by atoms with Crippen LogP contribution in [0.1, 0.15) is 30.4 Å². The van der Waals surface area contributed by atoms with Crippen molar-refractivity contribution in [2.24, 2.45) is 0 Å². The molecule has 24 heavy (non-hydrogen) atoms. The third-order valence-corrected chi connectivity index (χ3v) is 3.81. The van der Waals surface area contributed by atoms with E-state index >= 15 is 0 Å². The number of benzene rings is 1. The lowest BCUT2D eigenvalue weighted by atomic mass is 10.1. The van der Waals surface area contributed by atoms with E-state index in [9.17, 15) is 8.78 Å². The van der Waals surface area contributed by atoms with E-state index in [1.165, 1.54) is 24.3 Å². The Labute approximate surface area is 136 Å². The molecule has 6 nitrogen and oxygen atoms in total. The van der Waals surface area contributed by atoms with Crippen molar-refractivity contribution in [1.82, 2.24) is 25.4 Å². The van der Waals surface area contributed by atoms with Crippen LogP contribution in [0.5, 0.6) is 0 Å². The van der Waals surface area contributed by atoms with E-state index in [0.29, 0.717) is 24.1 Å². The van der Waals surface area contributed by atoms with Crippen LogP contribution in [-0.4, -0.2) is 25.4 Å². The Morgan fingerprint density at radius 1 is 1.08 bits per heavy atom. The molecule has 1 aromatic carbocycles. The monoisotopic (exact) mass is 328 g/mol. The Hall–Kier alpha value is -2.90. The summed E-state index contributed by atoms with van der Waals surface area (Å²) in [7, 11) is 0. The molecule has 0 bridgehead atoms. The molecule has 0 saturated heterocycles. The van der Waals surface area contributed by atoms with Crippen LogP contribution in [0.15, 0.2) is 30.3 Å². The topological polar surface area (TPSA) is 79.4 Å². The van der Waals surface area contributed by atoms with Crippen molar-refractivity contribution >= 4 is 5.82 Å². The second-order valence-electron chi connectivity index (χ2n) is 5.67. The minimum absolute atomic E-state index is 0.145. The first-order valence-electron chi connectivity index (χ1n) is 7.64. The zero-order valence-corrected chi connectivity index (χ0v) is 12.6. The number of nitrogens with one attached hydrogen (secondary N) is 2. The van der Waals surface area contributed by atoms with Gasteiger partial charge in [-0.25, -0.2) is 13.8 Å². The smallest absolute Gasteiger partial charge is 0.153 e. The van der Waals surface area contributed by atoms with E-state index in [1.807, 2.05) is 0 Å². The minimum Gasteiger partial charge on any atom is -0.361 e. The lowest BCUT2D eigenvalue weighted by Crippen LogP contribution is -2.04. The summed E-state index contributed by atoms with van der Waals surface area (Å²) in [6.45, 7) is 0.418. The predicted octanol–water partition coefficient (Wildman–Crippen LogP) is 3.03. The number of hydrogen-bond donors (Lipinski definition) is 2. The summed E-state index contributed by atoms with van der Waals surface area (Å²) in [6.07, 6.45) is 2.29. The van der Waals surface area contributed by atoms with Crippen molar-refractivity contribution in [2.75, 3.05) is 5.32 Å². The minimum atomic E-state index is -0.667. The fraction of sp³-hybridized carbons (Fsp3) is 0.250. The summed E-state index contributed by atoms with van der Waals surface area (Å²) in [4.78, 5) is 4.40. The largest absolute Gasteiger partial charge is 0.361 e. The third-order valence-electron chi connectivity index (χ3n) is 3.81. The number of H-pyrrole nitrogens is 1.